The van der Waals surface area contributed by atoms with Crippen LogP contribution in [0.1, 0.15) is 23.7 Å². The van der Waals surface area contributed by atoms with Crippen LogP contribution in [0.4, 0.5) is 0 Å². The predicted molar refractivity (Wildman–Crippen MR) is 140 cm³/mol. The standard InChI is InChI=1S/2C13H14ClNO3/c2*1-16-9-4-5-11-8(6-9)7-10(12(14)15-11)13(17-2)18-3/h2*4-7,13H,1-3H3. The molecule has 0 fully saturated rings. The molecular weight excluding hydrogens is 507 g/mol. The van der Waals surface area contributed by atoms with Gasteiger partial charge in [0.15, 0.2) is 12.6 Å². The van der Waals surface area contributed by atoms with Crippen molar-refractivity contribution in [2.45, 2.75) is 12.6 Å². The van der Waals surface area contributed by atoms with E-state index in [1.807, 2.05) is 48.5 Å². The molecule has 0 atom stereocenters. The van der Waals surface area contributed by atoms with Gasteiger partial charge in [-0.05, 0) is 48.5 Å². The molecule has 2 aromatic carbocycles. The van der Waals surface area contributed by atoms with Gasteiger partial charge in [0.1, 0.15) is 21.8 Å². The summed E-state index contributed by atoms with van der Waals surface area (Å²) in [5, 5.41) is 2.60. The number of hydrogen-bond acceptors (Lipinski definition) is 8. The zero-order chi connectivity index (χ0) is 26.2. The minimum atomic E-state index is -0.527. The first-order valence-electron chi connectivity index (χ1n) is 10.8. The number of halogens is 2. The molecule has 4 aromatic rings. The molecule has 0 saturated carbocycles. The average Bonchev–Trinajstić information content (AvgIpc) is 2.90. The van der Waals surface area contributed by atoms with Gasteiger partial charge in [-0.3, -0.25) is 0 Å². The Bertz CT molecular complexity index is 1210. The molecule has 0 aliphatic heterocycles. The SMILES string of the molecule is COc1ccc2nc(Cl)c(C(OC)OC)cc2c1.COc1ccc2nc(Cl)c(C(OC)OC)cc2c1. The summed E-state index contributed by atoms with van der Waals surface area (Å²) in [6.07, 6.45) is -1.05. The van der Waals surface area contributed by atoms with Crippen LogP contribution in [0.5, 0.6) is 11.5 Å². The summed E-state index contributed by atoms with van der Waals surface area (Å²) < 4.78 is 31.1. The van der Waals surface area contributed by atoms with Crippen LogP contribution in [0.15, 0.2) is 48.5 Å². The van der Waals surface area contributed by atoms with Crippen molar-refractivity contribution in [3.63, 3.8) is 0 Å². The van der Waals surface area contributed by atoms with Gasteiger partial charge in [0.2, 0.25) is 0 Å². The quantitative estimate of drug-likeness (QED) is 0.190. The van der Waals surface area contributed by atoms with Crippen molar-refractivity contribution in [2.24, 2.45) is 0 Å². The Morgan fingerprint density at radius 1 is 0.556 bits per heavy atom. The van der Waals surface area contributed by atoms with Gasteiger partial charge in [-0.2, -0.15) is 0 Å². The summed E-state index contributed by atoms with van der Waals surface area (Å²) in [7, 11) is 9.47. The molecule has 0 aliphatic carbocycles. The molecule has 4 rings (SSSR count). The van der Waals surface area contributed by atoms with E-state index in [2.05, 4.69) is 9.97 Å². The lowest BCUT2D eigenvalue weighted by atomic mass is 10.1. The van der Waals surface area contributed by atoms with E-state index >= 15 is 0 Å². The highest BCUT2D eigenvalue weighted by atomic mass is 35.5. The minimum Gasteiger partial charge on any atom is -0.497 e. The van der Waals surface area contributed by atoms with Gasteiger partial charge in [-0.25, -0.2) is 9.97 Å². The van der Waals surface area contributed by atoms with Crippen molar-refractivity contribution in [3.8, 4) is 11.5 Å². The number of aromatic nitrogens is 2. The fourth-order valence-corrected chi connectivity index (χ4v) is 4.05. The highest BCUT2D eigenvalue weighted by Crippen LogP contribution is 2.31. The molecule has 0 aliphatic rings. The molecule has 0 unspecified atom stereocenters. The number of rotatable bonds is 8. The van der Waals surface area contributed by atoms with Crippen LogP contribution in [0.2, 0.25) is 10.3 Å². The first-order valence-corrected chi connectivity index (χ1v) is 11.5. The lowest BCUT2D eigenvalue weighted by Gasteiger charge is -2.15. The highest BCUT2D eigenvalue weighted by molar-refractivity contribution is 6.31. The van der Waals surface area contributed by atoms with Gasteiger partial charge in [-0.1, -0.05) is 23.2 Å². The predicted octanol–water partition coefficient (Wildman–Crippen LogP) is 6.38. The smallest absolute Gasteiger partial charge is 0.186 e. The number of hydrogen-bond donors (Lipinski definition) is 0. The highest BCUT2D eigenvalue weighted by Gasteiger charge is 2.16. The van der Waals surface area contributed by atoms with E-state index in [4.69, 9.17) is 51.6 Å². The third kappa shape index (κ3) is 6.34. The minimum absolute atomic E-state index is 0.376. The fraction of sp³-hybridized carbons (Fsp3) is 0.308. The first-order chi connectivity index (χ1) is 17.4. The molecule has 192 valence electrons. The van der Waals surface area contributed by atoms with Gasteiger partial charge in [0.25, 0.3) is 0 Å². The van der Waals surface area contributed by atoms with Gasteiger partial charge in [0.05, 0.1) is 25.3 Å². The van der Waals surface area contributed by atoms with Gasteiger partial charge in [0, 0.05) is 50.3 Å². The molecule has 2 heterocycles. The maximum Gasteiger partial charge on any atom is 0.186 e. The molecule has 0 spiro atoms. The van der Waals surface area contributed by atoms with Crippen LogP contribution in [-0.2, 0) is 18.9 Å². The van der Waals surface area contributed by atoms with Gasteiger partial charge < -0.3 is 28.4 Å². The molecule has 36 heavy (non-hydrogen) atoms. The number of benzene rings is 2. The zero-order valence-electron chi connectivity index (χ0n) is 20.9. The third-order valence-corrected chi connectivity index (χ3v) is 5.97. The Morgan fingerprint density at radius 2 is 0.917 bits per heavy atom. The van der Waals surface area contributed by atoms with E-state index in [0.29, 0.717) is 21.4 Å². The Kier molecular flexibility index (Phi) is 10.1. The second-order valence-electron chi connectivity index (χ2n) is 7.46. The molecule has 0 saturated heterocycles. The lowest BCUT2D eigenvalue weighted by molar-refractivity contribution is -0.106. The van der Waals surface area contributed by atoms with Crippen molar-refractivity contribution < 1.29 is 28.4 Å². The van der Waals surface area contributed by atoms with Crippen molar-refractivity contribution in [1.29, 1.82) is 0 Å². The van der Waals surface area contributed by atoms with Crippen LogP contribution >= 0.6 is 23.2 Å². The molecule has 8 nitrogen and oxygen atoms in total. The molecule has 0 bridgehead atoms. The lowest BCUT2D eigenvalue weighted by Crippen LogP contribution is -2.05. The van der Waals surface area contributed by atoms with Crippen LogP contribution in [0.3, 0.4) is 0 Å². The van der Waals surface area contributed by atoms with E-state index in [1.165, 1.54) is 0 Å². The van der Waals surface area contributed by atoms with Gasteiger partial charge in [-0.15, -0.1) is 0 Å². The first kappa shape index (κ1) is 27.9. The topological polar surface area (TPSA) is 81.2 Å². The normalized spacial score (nSPS) is 11.2. The second-order valence-corrected chi connectivity index (χ2v) is 8.18. The molecule has 0 N–H and O–H groups in total. The number of methoxy groups -OCH3 is 6. The van der Waals surface area contributed by atoms with Crippen molar-refractivity contribution in [1.82, 2.24) is 9.97 Å². The fourth-order valence-electron chi connectivity index (χ4n) is 3.58. The van der Waals surface area contributed by atoms with E-state index in [0.717, 1.165) is 33.3 Å². The molecule has 2 aromatic heterocycles. The van der Waals surface area contributed by atoms with Crippen molar-refractivity contribution in [2.75, 3.05) is 42.7 Å². The summed E-state index contributed by atoms with van der Waals surface area (Å²) in [6.45, 7) is 0. The van der Waals surface area contributed by atoms with Crippen molar-refractivity contribution >= 4 is 45.0 Å². The Morgan fingerprint density at radius 3 is 1.22 bits per heavy atom. The summed E-state index contributed by atoms with van der Waals surface area (Å²) >= 11 is 12.3. The van der Waals surface area contributed by atoms with Crippen LogP contribution in [-0.4, -0.2) is 52.6 Å². The van der Waals surface area contributed by atoms with E-state index in [9.17, 15) is 0 Å². The number of ether oxygens (including phenoxy) is 6. The van der Waals surface area contributed by atoms with E-state index in [-0.39, 0.29) is 0 Å². The van der Waals surface area contributed by atoms with E-state index in [1.54, 1.807) is 42.7 Å². The number of pyridine rings is 2. The third-order valence-electron chi connectivity index (χ3n) is 5.37. The second kappa shape index (κ2) is 13.0. The number of nitrogens with zero attached hydrogens (tertiary/aromatic N) is 2. The Labute approximate surface area is 220 Å². The summed E-state index contributed by atoms with van der Waals surface area (Å²) in [4.78, 5) is 8.64. The van der Waals surface area contributed by atoms with Crippen molar-refractivity contribution in [3.05, 3.63) is 70.0 Å². The summed E-state index contributed by atoms with van der Waals surface area (Å²) in [5.74, 6) is 1.54. The largest absolute Gasteiger partial charge is 0.497 e. The monoisotopic (exact) mass is 534 g/mol. The maximum atomic E-state index is 6.13. The Balaban J connectivity index is 0.000000201. The number of fused-ring (bicyclic) bond motifs is 2. The van der Waals surface area contributed by atoms with Crippen LogP contribution in [0, 0.1) is 0 Å². The maximum absolute atomic E-state index is 6.13. The molecule has 0 amide bonds. The molecule has 0 radical (unpaired) electrons. The van der Waals surface area contributed by atoms with Crippen LogP contribution in [0.25, 0.3) is 21.8 Å². The van der Waals surface area contributed by atoms with E-state index < -0.39 is 12.6 Å². The summed E-state index contributed by atoms with van der Waals surface area (Å²) in [5.41, 5.74) is 3.00. The Hall–Kier alpha value is -2.72. The zero-order valence-corrected chi connectivity index (χ0v) is 22.4. The van der Waals surface area contributed by atoms with Gasteiger partial charge >= 0.3 is 0 Å². The molecule has 10 heteroatoms. The average molecular weight is 535 g/mol. The molecular formula is C26H28Cl2N2O6. The summed E-state index contributed by atoms with van der Waals surface area (Å²) in [6, 6.07) is 15.0. The van der Waals surface area contributed by atoms with Crippen LogP contribution < -0.4 is 9.47 Å².